The van der Waals surface area contributed by atoms with Crippen molar-refractivity contribution in [1.82, 2.24) is 0 Å². The zero-order valence-electron chi connectivity index (χ0n) is 9.62. The standard InChI is InChI=1S/C12H19NO2/c1-4-15-12-7-5-11(6-8-12)13-10(2)9-14-3/h5-8,10,13H,4,9H2,1-3H3. The van der Waals surface area contributed by atoms with Crippen LogP contribution in [0.4, 0.5) is 5.69 Å². The van der Waals surface area contributed by atoms with Gasteiger partial charge in [-0.1, -0.05) is 0 Å². The number of rotatable bonds is 6. The Balaban J connectivity index is 2.48. The van der Waals surface area contributed by atoms with E-state index < -0.39 is 0 Å². The quantitative estimate of drug-likeness (QED) is 0.781. The summed E-state index contributed by atoms with van der Waals surface area (Å²) in [5.74, 6) is 0.905. The van der Waals surface area contributed by atoms with Crippen LogP contribution in [0, 0.1) is 0 Å². The minimum Gasteiger partial charge on any atom is -0.494 e. The van der Waals surface area contributed by atoms with Crippen LogP contribution < -0.4 is 10.1 Å². The molecule has 15 heavy (non-hydrogen) atoms. The third kappa shape index (κ3) is 4.21. The third-order valence-corrected chi connectivity index (χ3v) is 2.00. The van der Waals surface area contributed by atoms with Gasteiger partial charge in [0.2, 0.25) is 0 Å². The maximum atomic E-state index is 5.36. The van der Waals surface area contributed by atoms with Crippen molar-refractivity contribution in [3.05, 3.63) is 24.3 Å². The Kier molecular flexibility index (Phi) is 4.98. The van der Waals surface area contributed by atoms with Gasteiger partial charge < -0.3 is 14.8 Å². The molecule has 1 unspecified atom stereocenters. The molecule has 3 nitrogen and oxygen atoms in total. The highest BCUT2D eigenvalue weighted by Crippen LogP contribution is 2.16. The molecule has 0 saturated carbocycles. The maximum Gasteiger partial charge on any atom is 0.119 e. The summed E-state index contributed by atoms with van der Waals surface area (Å²) in [4.78, 5) is 0. The van der Waals surface area contributed by atoms with E-state index in [1.165, 1.54) is 0 Å². The highest BCUT2D eigenvalue weighted by atomic mass is 16.5. The highest BCUT2D eigenvalue weighted by Gasteiger charge is 2.00. The molecule has 0 aromatic heterocycles. The Hall–Kier alpha value is -1.22. The van der Waals surface area contributed by atoms with Crippen molar-refractivity contribution in [3.63, 3.8) is 0 Å². The zero-order chi connectivity index (χ0) is 11.1. The van der Waals surface area contributed by atoms with E-state index >= 15 is 0 Å². The first-order valence-electron chi connectivity index (χ1n) is 5.24. The van der Waals surface area contributed by atoms with Crippen molar-refractivity contribution in [3.8, 4) is 5.75 Å². The van der Waals surface area contributed by atoms with Gasteiger partial charge in [0.25, 0.3) is 0 Å². The summed E-state index contributed by atoms with van der Waals surface area (Å²) in [5.41, 5.74) is 1.09. The average molecular weight is 209 g/mol. The van der Waals surface area contributed by atoms with Crippen LogP contribution in [0.25, 0.3) is 0 Å². The lowest BCUT2D eigenvalue weighted by molar-refractivity contribution is 0.190. The van der Waals surface area contributed by atoms with Gasteiger partial charge in [-0.15, -0.1) is 0 Å². The topological polar surface area (TPSA) is 30.5 Å². The fraction of sp³-hybridized carbons (Fsp3) is 0.500. The van der Waals surface area contributed by atoms with Gasteiger partial charge in [-0.25, -0.2) is 0 Å². The number of anilines is 1. The Morgan fingerprint density at radius 2 is 1.93 bits per heavy atom. The molecule has 0 amide bonds. The van der Waals surface area contributed by atoms with Crippen LogP contribution in [0.3, 0.4) is 0 Å². The van der Waals surface area contributed by atoms with E-state index in [4.69, 9.17) is 9.47 Å². The van der Waals surface area contributed by atoms with E-state index in [2.05, 4.69) is 12.2 Å². The van der Waals surface area contributed by atoms with Crippen molar-refractivity contribution in [2.75, 3.05) is 25.6 Å². The number of ether oxygens (including phenoxy) is 2. The highest BCUT2D eigenvalue weighted by molar-refractivity contribution is 5.46. The van der Waals surface area contributed by atoms with Crippen LogP contribution >= 0.6 is 0 Å². The predicted molar refractivity (Wildman–Crippen MR) is 62.6 cm³/mol. The smallest absolute Gasteiger partial charge is 0.119 e. The van der Waals surface area contributed by atoms with Gasteiger partial charge in [0.15, 0.2) is 0 Å². The predicted octanol–water partition coefficient (Wildman–Crippen LogP) is 2.53. The normalized spacial score (nSPS) is 12.2. The molecule has 1 rings (SSSR count). The Morgan fingerprint density at radius 1 is 1.27 bits per heavy atom. The van der Waals surface area contributed by atoms with Crippen molar-refractivity contribution in [2.24, 2.45) is 0 Å². The van der Waals surface area contributed by atoms with Crippen molar-refractivity contribution in [2.45, 2.75) is 19.9 Å². The van der Waals surface area contributed by atoms with Crippen LogP contribution in [0.5, 0.6) is 5.75 Å². The van der Waals surface area contributed by atoms with Gasteiger partial charge in [-0.3, -0.25) is 0 Å². The second-order valence-corrected chi connectivity index (χ2v) is 3.46. The fourth-order valence-corrected chi connectivity index (χ4v) is 1.39. The minimum atomic E-state index is 0.313. The Morgan fingerprint density at radius 3 is 2.47 bits per heavy atom. The molecule has 0 saturated heterocycles. The van der Waals surface area contributed by atoms with Gasteiger partial charge in [0.1, 0.15) is 5.75 Å². The molecule has 0 fully saturated rings. The van der Waals surface area contributed by atoms with Crippen molar-refractivity contribution in [1.29, 1.82) is 0 Å². The second-order valence-electron chi connectivity index (χ2n) is 3.46. The van der Waals surface area contributed by atoms with Crippen LogP contribution in [0.15, 0.2) is 24.3 Å². The largest absolute Gasteiger partial charge is 0.494 e. The van der Waals surface area contributed by atoms with Crippen molar-refractivity contribution < 1.29 is 9.47 Å². The Bertz CT molecular complexity index is 271. The van der Waals surface area contributed by atoms with Crippen LogP contribution in [-0.2, 0) is 4.74 Å². The number of benzene rings is 1. The van der Waals surface area contributed by atoms with Crippen LogP contribution in [0.1, 0.15) is 13.8 Å². The number of methoxy groups -OCH3 is 1. The molecule has 0 bridgehead atoms. The molecule has 1 aromatic rings. The fourth-order valence-electron chi connectivity index (χ4n) is 1.39. The molecule has 0 heterocycles. The lowest BCUT2D eigenvalue weighted by Gasteiger charge is -2.14. The molecule has 84 valence electrons. The second kappa shape index (κ2) is 6.30. The molecule has 3 heteroatoms. The number of hydrogen-bond acceptors (Lipinski definition) is 3. The molecular weight excluding hydrogens is 190 g/mol. The summed E-state index contributed by atoms with van der Waals surface area (Å²) in [6.07, 6.45) is 0. The van der Waals surface area contributed by atoms with Gasteiger partial charge in [0, 0.05) is 18.8 Å². The first kappa shape index (κ1) is 11.9. The van der Waals surface area contributed by atoms with E-state index in [1.807, 2.05) is 31.2 Å². The first-order valence-corrected chi connectivity index (χ1v) is 5.24. The van der Waals surface area contributed by atoms with E-state index in [1.54, 1.807) is 7.11 Å². The minimum absolute atomic E-state index is 0.313. The molecule has 0 aliphatic carbocycles. The molecule has 1 atom stereocenters. The SMILES string of the molecule is CCOc1ccc(NC(C)COC)cc1. The summed E-state index contributed by atoms with van der Waals surface area (Å²) < 4.78 is 10.4. The summed E-state index contributed by atoms with van der Waals surface area (Å²) in [7, 11) is 1.70. The van der Waals surface area contributed by atoms with Crippen molar-refractivity contribution >= 4 is 5.69 Å². The Labute approximate surface area is 91.4 Å². The number of hydrogen-bond donors (Lipinski definition) is 1. The van der Waals surface area contributed by atoms with E-state index in [0.29, 0.717) is 19.3 Å². The lowest BCUT2D eigenvalue weighted by atomic mass is 10.2. The van der Waals surface area contributed by atoms with Gasteiger partial charge in [0.05, 0.1) is 13.2 Å². The molecule has 0 aliphatic heterocycles. The summed E-state index contributed by atoms with van der Waals surface area (Å²) in [6, 6.07) is 8.26. The van der Waals surface area contributed by atoms with Gasteiger partial charge in [-0.2, -0.15) is 0 Å². The monoisotopic (exact) mass is 209 g/mol. The summed E-state index contributed by atoms with van der Waals surface area (Å²) in [6.45, 7) is 5.47. The van der Waals surface area contributed by atoms with Crippen LogP contribution in [-0.4, -0.2) is 26.4 Å². The van der Waals surface area contributed by atoms with E-state index in [0.717, 1.165) is 11.4 Å². The first-order chi connectivity index (χ1) is 7.26. The molecule has 0 radical (unpaired) electrons. The lowest BCUT2D eigenvalue weighted by Crippen LogP contribution is -2.20. The summed E-state index contributed by atoms with van der Waals surface area (Å²) in [5, 5.41) is 3.33. The van der Waals surface area contributed by atoms with Crippen LogP contribution in [0.2, 0.25) is 0 Å². The zero-order valence-corrected chi connectivity index (χ0v) is 9.62. The van der Waals surface area contributed by atoms with Gasteiger partial charge in [-0.05, 0) is 38.1 Å². The molecular formula is C12H19NO2. The van der Waals surface area contributed by atoms with Gasteiger partial charge >= 0.3 is 0 Å². The molecule has 1 N–H and O–H groups in total. The summed E-state index contributed by atoms with van der Waals surface area (Å²) >= 11 is 0. The number of nitrogens with one attached hydrogen (secondary N) is 1. The van der Waals surface area contributed by atoms with E-state index in [-0.39, 0.29) is 0 Å². The maximum absolute atomic E-state index is 5.36. The average Bonchev–Trinajstić information content (AvgIpc) is 2.22. The molecule has 0 spiro atoms. The van der Waals surface area contributed by atoms with E-state index in [9.17, 15) is 0 Å². The third-order valence-electron chi connectivity index (χ3n) is 2.00. The molecule has 1 aromatic carbocycles. The molecule has 0 aliphatic rings.